The van der Waals surface area contributed by atoms with Gasteiger partial charge in [0.15, 0.2) is 5.71 Å². The highest BCUT2D eigenvalue weighted by Gasteiger charge is 2.44. The van der Waals surface area contributed by atoms with Crippen LogP contribution in [0.3, 0.4) is 0 Å². The van der Waals surface area contributed by atoms with Gasteiger partial charge in [0.25, 0.3) is 10.1 Å². The molecule has 2 aromatic rings. The van der Waals surface area contributed by atoms with Crippen LogP contribution in [0.15, 0.2) is 82.3 Å². The summed E-state index contributed by atoms with van der Waals surface area (Å²) in [6.07, 6.45) is 11.6. The van der Waals surface area contributed by atoms with Crippen molar-refractivity contribution in [3.05, 3.63) is 83.6 Å². The molecule has 47 heavy (non-hydrogen) atoms. The number of nitrogens with zero attached hydrogens (tertiary/aromatic N) is 2. The first-order valence-corrected chi connectivity index (χ1v) is 18.2. The maximum absolute atomic E-state index is 11.9. The Kier molecular flexibility index (Phi) is 10.7. The monoisotopic (exact) mass is 686 g/mol. The first-order valence-electron chi connectivity index (χ1n) is 15.3. The van der Waals surface area contributed by atoms with Gasteiger partial charge < -0.3 is 19.3 Å². The number of unbranched alkanes of at least 4 members (excludes halogenated alkanes) is 2. The predicted octanol–water partition coefficient (Wildman–Crippen LogP) is 5.30. The van der Waals surface area contributed by atoms with Crippen molar-refractivity contribution in [1.82, 2.24) is 0 Å². The molecular weight excluding hydrogens is 645 g/mol. The van der Waals surface area contributed by atoms with Crippen LogP contribution in [0.5, 0.6) is 0 Å². The molecule has 0 bridgehead atoms. The van der Waals surface area contributed by atoms with E-state index in [-0.39, 0.29) is 16.2 Å². The molecule has 0 fully saturated rings. The number of anilines is 1. The molecule has 0 radical (unpaired) electrons. The van der Waals surface area contributed by atoms with Crippen molar-refractivity contribution < 1.29 is 45.2 Å². The molecule has 0 unspecified atom stereocenters. The van der Waals surface area contributed by atoms with E-state index in [1.165, 1.54) is 24.3 Å². The summed E-state index contributed by atoms with van der Waals surface area (Å²) in [5.41, 5.74) is 3.71. The third-order valence-corrected chi connectivity index (χ3v) is 10.5. The molecule has 2 aromatic carbocycles. The Morgan fingerprint density at radius 2 is 1.62 bits per heavy atom. The first-order chi connectivity index (χ1) is 21.9. The molecular formula is C34H42N2O9S2. The van der Waals surface area contributed by atoms with Crippen LogP contribution >= 0.6 is 0 Å². The Hall–Kier alpha value is -3.62. The van der Waals surface area contributed by atoms with Crippen LogP contribution in [0.25, 0.3) is 0 Å². The van der Waals surface area contributed by atoms with Crippen molar-refractivity contribution in [3.63, 3.8) is 0 Å². The second-order valence-electron chi connectivity index (χ2n) is 12.7. The van der Waals surface area contributed by atoms with Crippen LogP contribution in [0.4, 0.5) is 11.4 Å². The molecule has 2 N–H and O–H groups in total. The summed E-state index contributed by atoms with van der Waals surface area (Å²) in [5, 5.41) is 8.99. The van der Waals surface area contributed by atoms with E-state index in [9.17, 15) is 30.7 Å². The minimum absolute atomic E-state index is 0.0933. The molecule has 254 valence electrons. The Balaban J connectivity index is 1.67. The maximum Gasteiger partial charge on any atom is 0.303 e. The highest BCUT2D eigenvalue weighted by Crippen LogP contribution is 2.48. The minimum atomic E-state index is -4.65. The van der Waals surface area contributed by atoms with Gasteiger partial charge >= 0.3 is 5.97 Å². The van der Waals surface area contributed by atoms with Gasteiger partial charge in [0.05, 0.1) is 21.8 Å². The fraction of sp³-hybridized carbons (Fsp3) is 0.412. The number of hydrogen-bond donors (Lipinski definition) is 2. The van der Waals surface area contributed by atoms with Gasteiger partial charge in [0, 0.05) is 61.0 Å². The second kappa shape index (κ2) is 13.9. The Morgan fingerprint density at radius 3 is 2.26 bits per heavy atom. The summed E-state index contributed by atoms with van der Waals surface area (Å²) in [6.45, 7) is 9.46. The summed E-state index contributed by atoms with van der Waals surface area (Å²) in [4.78, 5) is 12.6. The van der Waals surface area contributed by atoms with E-state index in [2.05, 4.69) is 9.48 Å². The number of carboxylic acid groups (broad SMARTS) is 1. The van der Waals surface area contributed by atoms with Crippen LogP contribution in [0.2, 0.25) is 0 Å². The van der Waals surface area contributed by atoms with E-state index < -0.39 is 37.0 Å². The molecule has 11 nitrogen and oxygen atoms in total. The minimum Gasteiger partial charge on any atom is -0.744 e. The normalized spacial score (nSPS) is 18.1. The van der Waals surface area contributed by atoms with Gasteiger partial charge in [-0.1, -0.05) is 32.1 Å². The number of ether oxygens (including phenoxy) is 1. The van der Waals surface area contributed by atoms with Crippen LogP contribution in [-0.4, -0.2) is 74.1 Å². The Morgan fingerprint density at radius 1 is 0.936 bits per heavy atom. The average molecular weight is 687 g/mol. The number of carbonyl (C=O) groups is 1. The number of methoxy groups -OCH3 is 1. The number of carboxylic acids is 1. The number of fused-ring (bicyclic) bond motifs is 2. The highest BCUT2D eigenvalue weighted by atomic mass is 32.2. The largest absolute Gasteiger partial charge is 0.744 e. The van der Waals surface area contributed by atoms with Gasteiger partial charge in [0.1, 0.15) is 16.7 Å². The van der Waals surface area contributed by atoms with Gasteiger partial charge in [-0.25, -0.2) is 8.42 Å². The van der Waals surface area contributed by atoms with Gasteiger partial charge in [-0.2, -0.15) is 13.0 Å². The molecule has 2 aliphatic rings. The van der Waals surface area contributed by atoms with Crippen molar-refractivity contribution >= 4 is 43.3 Å². The van der Waals surface area contributed by atoms with Crippen molar-refractivity contribution in [1.29, 1.82) is 0 Å². The van der Waals surface area contributed by atoms with Crippen LogP contribution in [0, 0.1) is 0 Å². The van der Waals surface area contributed by atoms with E-state index in [0.29, 0.717) is 38.1 Å². The molecule has 4 rings (SSSR count). The van der Waals surface area contributed by atoms with Crippen molar-refractivity contribution in [2.75, 3.05) is 31.7 Å². The molecule has 0 aromatic heterocycles. The van der Waals surface area contributed by atoms with Crippen LogP contribution in [0.1, 0.15) is 64.5 Å². The highest BCUT2D eigenvalue weighted by molar-refractivity contribution is 7.86. The average Bonchev–Trinajstić information content (AvgIpc) is 3.32. The SMILES string of the molecule is COCCN1/C(=C/C=C/C=C/C2=[N+](CCCCCC(=O)O)c3ccc(S(=O)(=O)[O-])cc3C2(C)C)C(C)(C)c2cc(S(=O)(=O)O)ccc21. The van der Waals surface area contributed by atoms with E-state index in [1.54, 1.807) is 19.2 Å². The zero-order chi connectivity index (χ0) is 34.8. The summed E-state index contributed by atoms with van der Waals surface area (Å²) < 4.78 is 76.3. The standard InChI is InChI=1S/C34H42N2O9S2/c1-33(2)26-22-24(46(39,40)41)15-17-28(26)35(19-11-7-10-14-32(37)38)30(33)12-8-6-9-13-31-34(3,4)27-23-25(47(42,43)44)16-18-29(27)36(31)20-21-45-5/h6,8-9,12-13,15-18,22-23H,7,10-11,14,19-21H2,1-5H3,(H2-,37,38,39,40,41,42,43,44). The molecule has 0 spiro atoms. The lowest BCUT2D eigenvalue weighted by molar-refractivity contribution is -0.438. The van der Waals surface area contributed by atoms with Crippen molar-refractivity contribution in [2.45, 2.75) is 74.0 Å². The van der Waals surface area contributed by atoms with Crippen molar-refractivity contribution in [2.24, 2.45) is 0 Å². The van der Waals surface area contributed by atoms with Crippen LogP contribution in [-0.2, 0) is 40.6 Å². The van der Waals surface area contributed by atoms with E-state index >= 15 is 0 Å². The molecule has 13 heteroatoms. The summed E-state index contributed by atoms with van der Waals surface area (Å²) >= 11 is 0. The topological polar surface area (TPSA) is 164 Å². The number of rotatable bonds is 14. The first kappa shape index (κ1) is 36.2. The zero-order valence-corrected chi connectivity index (χ0v) is 28.9. The fourth-order valence-electron chi connectivity index (χ4n) is 6.37. The number of hydrogen-bond acceptors (Lipinski definition) is 8. The molecule has 0 amide bonds. The van der Waals surface area contributed by atoms with Gasteiger partial charge in [0.2, 0.25) is 5.69 Å². The number of aliphatic carboxylic acids is 1. The van der Waals surface area contributed by atoms with Crippen molar-refractivity contribution in [3.8, 4) is 0 Å². The van der Waals surface area contributed by atoms with E-state index in [4.69, 9.17) is 9.84 Å². The van der Waals surface area contributed by atoms with Crippen LogP contribution < -0.4 is 4.90 Å². The Labute approximate surface area is 277 Å². The Bertz CT molecular complexity index is 1890. The summed E-state index contributed by atoms with van der Waals surface area (Å²) in [5.74, 6) is -0.838. The number of benzene rings is 2. The molecule has 0 saturated carbocycles. The second-order valence-corrected chi connectivity index (χ2v) is 15.5. The molecule has 2 heterocycles. The fourth-order valence-corrected chi connectivity index (χ4v) is 7.37. The predicted molar refractivity (Wildman–Crippen MR) is 178 cm³/mol. The van der Waals surface area contributed by atoms with E-state index in [1.807, 2.05) is 58.1 Å². The lowest BCUT2D eigenvalue weighted by atomic mass is 9.81. The van der Waals surface area contributed by atoms with Gasteiger partial charge in [-0.05, 0) is 68.7 Å². The van der Waals surface area contributed by atoms with E-state index in [0.717, 1.165) is 34.8 Å². The maximum atomic E-state index is 11.9. The third kappa shape index (κ3) is 7.76. The van der Waals surface area contributed by atoms with Gasteiger partial charge in [-0.3, -0.25) is 9.35 Å². The van der Waals surface area contributed by atoms with Gasteiger partial charge in [-0.15, -0.1) is 0 Å². The lowest BCUT2D eigenvalue weighted by Gasteiger charge is -2.26. The lowest BCUT2D eigenvalue weighted by Crippen LogP contribution is -2.28. The molecule has 2 aliphatic heterocycles. The molecule has 0 atom stereocenters. The quantitative estimate of drug-likeness (QED) is 0.115. The summed E-state index contributed by atoms with van der Waals surface area (Å²) in [7, 11) is -7.41. The zero-order valence-electron chi connectivity index (χ0n) is 27.3. The number of allylic oxidation sites excluding steroid dienone is 6. The smallest absolute Gasteiger partial charge is 0.303 e. The molecule has 0 aliphatic carbocycles. The summed E-state index contributed by atoms with van der Waals surface area (Å²) in [6, 6.07) is 9.00. The third-order valence-electron chi connectivity index (χ3n) is 8.83. The molecule has 0 saturated heterocycles.